The molecule has 5 nitrogen and oxygen atoms in total. The summed E-state index contributed by atoms with van der Waals surface area (Å²) in [5, 5.41) is 2.89. The highest BCUT2D eigenvalue weighted by atomic mass is 16.6. The highest BCUT2D eigenvalue weighted by Gasteiger charge is 2.46. The zero-order valence-corrected chi connectivity index (χ0v) is 13.3. The number of carbonyl (C=O) groups excluding carboxylic acids is 2. The summed E-state index contributed by atoms with van der Waals surface area (Å²) in [5.41, 5.74) is 0.135. The van der Waals surface area contributed by atoms with Crippen LogP contribution in [0.15, 0.2) is 30.3 Å². The molecule has 0 bridgehead atoms. The normalized spacial score (nSPS) is 20.7. The Bertz CT molecular complexity index is 518. The molecule has 5 heteroatoms. The molecule has 1 fully saturated rings. The molecule has 22 heavy (non-hydrogen) atoms. The van der Waals surface area contributed by atoms with Crippen molar-refractivity contribution in [3.05, 3.63) is 35.9 Å². The standard InChI is InChI=1S/C17H24N2O3/c1-3-11-18-15(20)17(2)10-7-12-19(17)16(21)22-13-14-8-5-4-6-9-14/h4-6,8-9H,3,7,10-13H2,1-2H3,(H,18,20). The Hall–Kier alpha value is -2.04. The Balaban J connectivity index is 1.97. The van der Waals surface area contributed by atoms with Crippen LogP contribution in [0.5, 0.6) is 0 Å². The van der Waals surface area contributed by atoms with E-state index in [0.29, 0.717) is 19.5 Å². The Labute approximate surface area is 131 Å². The number of hydrogen-bond acceptors (Lipinski definition) is 3. The number of ether oxygens (including phenoxy) is 1. The molecule has 1 N–H and O–H groups in total. The van der Waals surface area contributed by atoms with Crippen LogP contribution in [0.2, 0.25) is 0 Å². The van der Waals surface area contributed by atoms with E-state index in [9.17, 15) is 9.59 Å². The summed E-state index contributed by atoms with van der Waals surface area (Å²) in [6.07, 6.45) is 1.94. The highest BCUT2D eigenvalue weighted by Crippen LogP contribution is 2.30. The van der Waals surface area contributed by atoms with Gasteiger partial charge in [0, 0.05) is 13.1 Å². The second kappa shape index (κ2) is 7.29. The third-order valence-corrected chi connectivity index (χ3v) is 4.09. The van der Waals surface area contributed by atoms with E-state index < -0.39 is 11.6 Å². The Kier molecular flexibility index (Phi) is 5.41. The van der Waals surface area contributed by atoms with E-state index in [4.69, 9.17) is 4.74 Å². The maximum Gasteiger partial charge on any atom is 0.410 e. The fraction of sp³-hybridized carbons (Fsp3) is 0.529. The van der Waals surface area contributed by atoms with E-state index in [1.54, 1.807) is 4.90 Å². The minimum Gasteiger partial charge on any atom is -0.445 e. The van der Waals surface area contributed by atoms with Gasteiger partial charge in [-0.05, 0) is 31.7 Å². The van der Waals surface area contributed by atoms with Gasteiger partial charge in [0.15, 0.2) is 0 Å². The summed E-state index contributed by atoms with van der Waals surface area (Å²) >= 11 is 0. The van der Waals surface area contributed by atoms with E-state index >= 15 is 0 Å². The van der Waals surface area contributed by atoms with E-state index in [-0.39, 0.29) is 12.5 Å². The van der Waals surface area contributed by atoms with Gasteiger partial charge in [-0.15, -0.1) is 0 Å². The van der Waals surface area contributed by atoms with Gasteiger partial charge >= 0.3 is 6.09 Å². The number of hydrogen-bond donors (Lipinski definition) is 1. The van der Waals surface area contributed by atoms with Gasteiger partial charge in [-0.2, -0.15) is 0 Å². The predicted molar refractivity (Wildman–Crippen MR) is 84.3 cm³/mol. The molecule has 0 radical (unpaired) electrons. The fourth-order valence-corrected chi connectivity index (χ4v) is 2.72. The average molecular weight is 304 g/mol. The average Bonchev–Trinajstić information content (AvgIpc) is 2.94. The molecule has 1 aromatic carbocycles. The molecule has 1 unspecified atom stereocenters. The summed E-state index contributed by atoms with van der Waals surface area (Å²) in [6, 6.07) is 9.54. The molecular weight excluding hydrogens is 280 g/mol. The number of rotatable bonds is 5. The summed E-state index contributed by atoms with van der Waals surface area (Å²) in [6.45, 7) is 5.23. The molecule has 1 aliphatic rings. The number of nitrogens with zero attached hydrogens (tertiary/aromatic N) is 1. The molecule has 0 spiro atoms. The number of benzene rings is 1. The Morgan fingerprint density at radius 3 is 2.73 bits per heavy atom. The lowest BCUT2D eigenvalue weighted by molar-refractivity contribution is -0.130. The Morgan fingerprint density at radius 2 is 2.05 bits per heavy atom. The van der Waals surface area contributed by atoms with Crippen molar-refractivity contribution in [2.75, 3.05) is 13.1 Å². The van der Waals surface area contributed by atoms with Crippen LogP contribution >= 0.6 is 0 Å². The SMILES string of the molecule is CCCNC(=O)C1(C)CCCN1C(=O)OCc1ccccc1. The van der Waals surface area contributed by atoms with Crippen LogP contribution in [0.1, 0.15) is 38.7 Å². The van der Waals surface area contributed by atoms with E-state index in [0.717, 1.165) is 18.4 Å². The van der Waals surface area contributed by atoms with Crippen LogP contribution in [-0.4, -0.2) is 35.5 Å². The van der Waals surface area contributed by atoms with Crippen molar-refractivity contribution in [1.82, 2.24) is 10.2 Å². The summed E-state index contributed by atoms with van der Waals surface area (Å²) in [7, 11) is 0. The van der Waals surface area contributed by atoms with Crippen LogP contribution in [-0.2, 0) is 16.1 Å². The van der Waals surface area contributed by atoms with Crippen molar-refractivity contribution < 1.29 is 14.3 Å². The van der Waals surface area contributed by atoms with E-state index in [1.807, 2.05) is 44.2 Å². The van der Waals surface area contributed by atoms with E-state index in [2.05, 4.69) is 5.32 Å². The van der Waals surface area contributed by atoms with Gasteiger partial charge < -0.3 is 10.1 Å². The number of amides is 2. The molecule has 1 aliphatic heterocycles. The van der Waals surface area contributed by atoms with Gasteiger partial charge in [0.25, 0.3) is 0 Å². The van der Waals surface area contributed by atoms with Crippen LogP contribution in [0, 0.1) is 0 Å². The third kappa shape index (κ3) is 3.59. The molecule has 1 atom stereocenters. The molecule has 0 aromatic heterocycles. The van der Waals surface area contributed by atoms with Crippen LogP contribution in [0.4, 0.5) is 4.79 Å². The van der Waals surface area contributed by atoms with Crippen molar-refractivity contribution in [2.45, 2.75) is 45.3 Å². The zero-order valence-electron chi connectivity index (χ0n) is 13.3. The molecule has 1 saturated heterocycles. The van der Waals surface area contributed by atoms with Crippen LogP contribution in [0.25, 0.3) is 0 Å². The van der Waals surface area contributed by atoms with Crippen molar-refractivity contribution in [3.8, 4) is 0 Å². The lowest BCUT2D eigenvalue weighted by Crippen LogP contribution is -2.55. The van der Waals surface area contributed by atoms with Crippen LogP contribution in [0.3, 0.4) is 0 Å². The molecule has 120 valence electrons. The van der Waals surface area contributed by atoms with Gasteiger partial charge in [0.2, 0.25) is 5.91 Å². The fourth-order valence-electron chi connectivity index (χ4n) is 2.72. The lowest BCUT2D eigenvalue weighted by Gasteiger charge is -2.33. The molecule has 1 aromatic rings. The van der Waals surface area contributed by atoms with Gasteiger partial charge in [-0.1, -0.05) is 37.3 Å². The van der Waals surface area contributed by atoms with Gasteiger partial charge in [0.1, 0.15) is 12.1 Å². The van der Waals surface area contributed by atoms with Crippen molar-refractivity contribution in [2.24, 2.45) is 0 Å². The molecule has 1 heterocycles. The largest absolute Gasteiger partial charge is 0.445 e. The molecule has 2 amide bonds. The van der Waals surface area contributed by atoms with Gasteiger partial charge in [0.05, 0.1) is 0 Å². The molecule has 2 rings (SSSR count). The third-order valence-electron chi connectivity index (χ3n) is 4.09. The van der Waals surface area contributed by atoms with E-state index in [1.165, 1.54) is 0 Å². The van der Waals surface area contributed by atoms with Gasteiger partial charge in [-0.3, -0.25) is 9.69 Å². The molecule has 0 saturated carbocycles. The number of nitrogens with one attached hydrogen (secondary N) is 1. The van der Waals surface area contributed by atoms with Crippen molar-refractivity contribution >= 4 is 12.0 Å². The summed E-state index contributed by atoms with van der Waals surface area (Å²) in [4.78, 5) is 26.2. The lowest BCUT2D eigenvalue weighted by atomic mass is 9.98. The van der Waals surface area contributed by atoms with Crippen molar-refractivity contribution in [1.29, 1.82) is 0 Å². The first-order valence-corrected chi connectivity index (χ1v) is 7.84. The number of likely N-dealkylation sites (tertiary alicyclic amines) is 1. The Morgan fingerprint density at radius 1 is 1.32 bits per heavy atom. The predicted octanol–water partition coefficient (Wildman–Crippen LogP) is 2.70. The maximum absolute atomic E-state index is 12.4. The molecular formula is C17H24N2O3. The second-order valence-corrected chi connectivity index (χ2v) is 5.83. The zero-order chi connectivity index (χ0) is 16.0. The second-order valence-electron chi connectivity index (χ2n) is 5.83. The minimum absolute atomic E-state index is 0.0940. The summed E-state index contributed by atoms with van der Waals surface area (Å²) in [5.74, 6) is -0.0940. The monoisotopic (exact) mass is 304 g/mol. The van der Waals surface area contributed by atoms with Crippen molar-refractivity contribution in [3.63, 3.8) is 0 Å². The number of carbonyl (C=O) groups is 2. The topological polar surface area (TPSA) is 58.6 Å². The minimum atomic E-state index is -0.803. The smallest absolute Gasteiger partial charge is 0.410 e. The maximum atomic E-state index is 12.4. The first-order chi connectivity index (χ1) is 10.6. The van der Waals surface area contributed by atoms with Gasteiger partial charge in [-0.25, -0.2) is 4.79 Å². The quantitative estimate of drug-likeness (QED) is 0.910. The van der Waals surface area contributed by atoms with Crippen LogP contribution < -0.4 is 5.32 Å². The summed E-state index contributed by atoms with van der Waals surface area (Å²) < 4.78 is 5.37. The first-order valence-electron chi connectivity index (χ1n) is 7.84. The first kappa shape index (κ1) is 16.3. The highest BCUT2D eigenvalue weighted by molar-refractivity contribution is 5.90. The molecule has 0 aliphatic carbocycles.